The van der Waals surface area contributed by atoms with Crippen molar-refractivity contribution in [3.63, 3.8) is 0 Å². The molecule has 104 valence electrons. The molecule has 4 heteroatoms. The van der Waals surface area contributed by atoms with Crippen molar-refractivity contribution in [2.45, 2.75) is 6.43 Å². The van der Waals surface area contributed by atoms with Crippen LogP contribution in [0, 0.1) is 0 Å². The lowest BCUT2D eigenvalue weighted by Crippen LogP contribution is -2.21. The maximum absolute atomic E-state index is 13.0. The maximum Gasteiger partial charge on any atom is 0.264 e. The summed E-state index contributed by atoms with van der Waals surface area (Å²) in [6, 6.07) is 13.1. The van der Waals surface area contributed by atoms with Crippen molar-refractivity contribution >= 4 is 5.91 Å². The number of carbonyl (C=O) groups excluding carboxylic acids is 1. The van der Waals surface area contributed by atoms with E-state index in [1.54, 1.807) is 56.6 Å². The van der Waals surface area contributed by atoms with E-state index in [-0.39, 0.29) is 11.5 Å². The molecule has 0 saturated heterocycles. The Morgan fingerprint density at radius 3 is 2.40 bits per heavy atom. The van der Waals surface area contributed by atoms with Crippen LogP contribution < -0.4 is 0 Å². The molecule has 20 heavy (non-hydrogen) atoms. The van der Waals surface area contributed by atoms with E-state index < -0.39 is 6.43 Å². The van der Waals surface area contributed by atoms with Crippen LogP contribution in [0.3, 0.4) is 0 Å². The number of amides is 1. The van der Waals surface area contributed by atoms with Gasteiger partial charge in [-0.1, -0.05) is 36.4 Å². The van der Waals surface area contributed by atoms with Crippen molar-refractivity contribution in [3.8, 4) is 11.1 Å². The fourth-order valence-corrected chi connectivity index (χ4v) is 2.03. The van der Waals surface area contributed by atoms with Gasteiger partial charge in [-0.05, 0) is 23.3 Å². The third-order valence-corrected chi connectivity index (χ3v) is 3.02. The van der Waals surface area contributed by atoms with Gasteiger partial charge in [-0.3, -0.25) is 4.79 Å². The second kappa shape index (κ2) is 5.82. The molecule has 0 aliphatic carbocycles. The molecule has 2 rings (SSSR count). The van der Waals surface area contributed by atoms with Crippen molar-refractivity contribution in [1.29, 1.82) is 0 Å². The largest absolute Gasteiger partial charge is 0.345 e. The van der Waals surface area contributed by atoms with Gasteiger partial charge in [-0.2, -0.15) is 0 Å². The van der Waals surface area contributed by atoms with Gasteiger partial charge in [0, 0.05) is 25.2 Å². The smallest absolute Gasteiger partial charge is 0.264 e. The summed E-state index contributed by atoms with van der Waals surface area (Å²) in [7, 11) is 3.31. The number of benzene rings is 2. The Balaban J connectivity index is 2.49. The van der Waals surface area contributed by atoms with Crippen LogP contribution in [0.2, 0.25) is 0 Å². The first-order valence-electron chi connectivity index (χ1n) is 6.20. The summed E-state index contributed by atoms with van der Waals surface area (Å²) < 4.78 is 26.1. The molecule has 0 atom stereocenters. The third-order valence-electron chi connectivity index (χ3n) is 3.02. The molecule has 2 nitrogen and oxygen atoms in total. The van der Waals surface area contributed by atoms with E-state index >= 15 is 0 Å². The molecule has 0 saturated carbocycles. The first-order valence-corrected chi connectivity index (χ1v) is 6.20. The number of carbonyl (C=O) groups is 1. The van der Waals surface area contributed by atoms with E-state index in [4.69, 9.17) is 0 Å². The zero-order chi connectivity index (χ0) is 14.7. The van der Waals surface area contributed by atoms with E-state index in [1.165, 1.54) is 11.0 Å². The Kier molecular flexibility index (Phi) is 4.13. The summed E-state index contributed by atoms with van der Waals surface area (Å²) in [5.41, 5.74) is 1.53. The van der Waals surface area contributed by atoms with Crippen LogP contribution in [0.15, 0.2) is 48.5 Å². The van der Waals surface area contributed by atoms with Crippen LogP contribution in [0.1, 0.15) is 22.3 Å². The summed E-state index contributed by atoms with van der Waals surface area (Å²) in [5.74, 6) is -0.152. The summed E-state index contributed by atoms with van der Waals surface area (Å²) in [5, 5.41) is 0. The molecular formula is C16H15F2NO. The Labute approximate surface area is 116 Å². The molecule has 0 fully saturated rings. The lowest BCUT2D eigenvalue weighted by atomic mass is 9.98. The average molecular weight is 275 g/mol. The van der Waals surface area contributed by atoms with E-state index in [1.807, 2.05) is 0 Å². The Bertz CT molecular complexity index is 623. The molecule has 0 aromatic heterocycles. The number of nitrogens with zero attached hydrogens (tertiary/aromatic N) is 1. The highest BCUT2D eigenvalue weighted by Crippen LogP contribution is 2.31. The summed E-state index contributed by atoms with van der Waals surface area (Å²) in [6.07, 6.45) is -2.54. The zero-order valence-corrected chi connectivity index (χ0v) is 11.3. The molecular weight excluding hydrogens is 260 g/mol. The fourth-order valence-electron chi connectivity index (χ4n) is 2.03. The molecule has 0 unspecified atom stereocenters. The zero-order valence-electron chi connectivity index (χ0n) is 11.3. The molecule has 0 aliphatic heterocycles. The van der Waals surface area contributed by atoms with Gasteiger partial charge in [0.25, 0.3) is 12.3 Å². The van der Waals surface area contributed by atoms with E-state index in [9.17, 15) is 13.6 Å². The molecule has 0 aliphatic rings. The third kappa shape index (κ3) is 2.85. The number of halogens is 2. The lowest BCUT2D eigenvalue weighted by molar-refractivity contribution is 0.0827. The molecule has 0 spiro atoms. The van der Waals surface area contributed by atoms with Gasteiger partial charge in [0.1, 0.15) is 0 Å². The number of alkyl halides is 2. The Morgan fingerprint density at radius 1 is 1.05 bits per heavy atom. The van der Waals surface area contributed by atoms with Crippen molar-refractivity contribution < 1.29 is 13.6 Å². The van der Waals surface area contributed by atoms with Gasteiger partial charge >= 0.3 is 0 Å². The highest BCUT2D eigenvalue weighted by atomic mass is 19.3. The normalized spacial score (nSPS) is 10.7. The highest BCUT2D eigenvalue weighted by Gasteiger charge is 2.15. The fraction of sp³-hybridized carbons (Fsp3) is 0.188. The van der Waals surface area contributed by atoms with E-state index in [0.717, 1.165) is 0 Å². The van der Waals surface area contributed by atoms with Crippen LogP contribution in [0.25, 0.3) is 11.1 Å². The summed E-state index contributed by atoms with van der Waals surface area (Å²) >= 11 is 0. The first kappa shape index (κ1) is 14.2. The van der Waals surface area contributed by atoms with Crippen LogP contribution in [-0.4, -0.2) is 24.9 Å². The molecule has 0 N–H and O–H groups in total. The predicted molar refractivity (Wildman–Crippen MR) is 74.9 cm³/mol. The molecule has 0 heterocycles. The number of hydrogen-bond donors (Lipinski definition) is 0. The van der Waals surface area contributed by atoms with E-state index in [0.29, 0.717) is 16.7 Å². The van der Waals surface area contributed by atoms with Crippen LogP contribution in [-0.2, 0) is 0 Å². The summed E-state index contributed by atoms with van der Waals surface area (Å²) in [6.45, 7) is 0. The van der Waals surface area contributed by atoms with E-state index in [2.05, 4.69) is 0 Å². The standard InChI is InChI=1S/C16H15F2NO/c1-19(2)16(20)12-7-5-6-11(10-12)13-8-3-4-9-14(13)15(17)18/h3-10,15H,1-2H3. The SMILES string of the molecule is CN(C)C(=O)c1cccc(-c2ccccc2C(F)F)c1. The Hall–Kier alpha value is -2.23. The molecule has 2 aromatic carbocycles. The van der Waals surface area contributed by atoms with Gasteiger partial charge in [-0.15, -0.1) is 0 Å². The average Bonchev–Trinajstić information content (AvgIpc) is 2.46. The van der Waals surface area contributed by atoms with Gasteiger partial charge in [0.05, 0.1) is 0 Å². The Morgan fingerprint density at radius 2 is 1.75 bits per heavy atom. The lowest BCUT2D eigenvalue weighted by Gasteiger charge is -2.13. The monoisotopic (exact) mass is 275 g/mol. The topological polar surface area (TPSA) is 20.3 Å². The quantitative estimate of drug-likeness (QED) is 0.829. The molecule has 0 bridgehead atoms. The van der Waals surface area contributed by atoms with Crippen molar-refractivity contribution in [1.82, 2.24) is 4.90 Å². The van der Waals surface area contributed by atoms with Crippen LogP contribution in [0.5, 0.6) is 0 Å². The second-order valence-electron chi connectivity index (χ2n) is 4.67. The van der Waals surface area contributed by atoms with Crippen LogP contribution >= 0.6 is 0 Å². The van der Waals surface area contributed by atoms with Gasteiger partial charge < -0.3 is 4.90 Å². The minimum atomic E-state index is -2.54. The molecule has 2 aromatic rings. The molecule has 1 amide bonds. The minimum Gasteiger partial charge on any atom is -0.345 e. The maximum atomic E-state index is 13.0. The second-order valence-corrected chi connectivity index (χ2v) is 4.67. The van der Waals surface area contributed by atoms with Gasteiger partial charge in [-0.25, -0.2) is 8.78 Å². The summed E-state index contributed by atoms with van der Waals surface area (Å²) in [4.78, 5) is 13.4. The van der Waals surface area contributed by atoms with Crippen molar-refractivity contribution in [3.05, 3.63) is 59.7 Å². The number of hydrogen-bond acceptors (Lipinski definition) is 1. The van der Waals surface area contributed by atoms with Crippen LogP contribution in [0.4, 0.5) is 8.78 Å². The minimum absolute atomic E-state index is 0.0260. The predicted octanol–water partition coefficient (Wildman–Crippen LogP) is 3.99. The van der Waals surface area contributed by atoms with Gasteiger partial charge in [0.2, 0.25) is 0 Å². The first-order chi connectivity index (χ1) is 9.50. The van der Waals surface area contributed by atoms with Crippen molar-refractivity contribution in [2.24, 2.45) is 0 Å². The van der Waals surface area contributed by atoms with Gasteiger partial charge in [0.15, 0.2) is 0 Å². The number of rotatable bonds is 3. The molecule has 0 radical (unpaired) electrons. The van der Waals surface area contributed by atoms with Crippen molar-refractivity contribution in [2.75, 3.05) is 14.1 Å². The highest BCUT2D eigenvalue weighted by molar-refractivity contribution is 5.95.